The number of hydrogen-bond donors (Lipinski definition) is 1. The minimum Gasteiger partial charge on any atom is -0.507 e. The van der Waals surface area contributed by atoms with Gasteiger partial charge in [0.05, 0.1) is 16.6 Å². The van der Waals surface area contributed by atoms with Crippen molar-refractivity contribution in [1.29, 1.82) is 0 Å². The van der Waals surface area contributed by atoms with Crippen molar-refractivity contribution in [1.82, 2.24) is 14.5 Å². The van der Waals surface area contributed by atoms with Crippen LogP contribution >= 0.6 is 0 Å². The van der Waals surface area contributed by atoms with Gasteiger partial charge in [0.1, 0.15) is 11.6 Å². The number of benzene rings is 6. The molecule has 0 fully saturated rings. The number of phenolic OH excluding ortho intramolecular Hbond substituents is 1. The van der Waals surface area contributed by atoms with Crippen molar-refractivity contribution in [3.63, 3.8) is 0 Å². The molecule has 0 radical (unpaired) electrons. The maximum Gasteiger partial charge on any atom is 0.145 e. The Kier molecular flexibility index (Phi) is 8.06. The van der Waals surface area contributed by atoms with Gasteiger partial charge in [-0.05, 0) is 93.2 Å². The lowest BCUT2D eigenvalue weighted by Crippen LogP contribution is -2.12. The zero-order valence-corrected chi connectivity index (χ0v) is 30.6. The van der Waals surface area contributed by atoms with Crippen molar-refractivity contribution in [2.75, 3.05) is 0 Å². The molecule has 1 N–H and O–H groups in total. The normalized spacial score (nSPS) is 12.1. The van der Waals surface area contributed by atoms with Gasteiger partial charge in [0.25, 0.3) is 0 Å². The molecule has 52 heavy (non-hydrogen) atoms. The fourth-order valence-corrected chi connectivity index (χ4v) is 7.14. The van der Waals surface area contributed by atoms with Crippen LogP contribution in [-0.2, 0) is 10.8 Å². The van der Waals surface area contributed by atoms with Crippen LogP contribution in [0.1, 0.15) is 52.7 Å². The maximum absolute atomic E-state index is 11.0. The molecule has 4 nitrogen and oxygen atoms in total. The molecule has 8 rings (SSSR count). The first-order chi connectivity index (χ1) is 25.0. The van der Waals surface area contributed by atoms with Gasteiger partial charge < -0.3 is 5.11 Å². The van der Waals surface area contributed by atoms with Crippen LogP contribution in [0.15, 0.2) is 146 Å². The Bertz CT molecular complexity index is 2580. The Labute approximate surface area is 306 Å². The van der Waals surface area contributed by atoms with E-state index in [1.807, 2.05) is 36.5 Å². The number of para-hydroxylation sites is 2. The first-order valence-electron chi connectivity index (χ1n) is 18.0. The monoisotopic (exact) mass is 677 g/mol. The van der Waals surface area contributed by atoms with Gasteiger partial charge in [-0.25, -0.2) is 4.98 Å². The van der Waals surface area contributed by atoms with Crippen molar-refractivity contribution in [2.24, 2.45) is 0 Å². The highest BCUT2D eigenvalue weighted by Gasteiger charge is 2.23. The van der Waals surface area contributed by atoms with Crippen LogP contribution in [0.2, 0.25) is 0 Å². The fourth-order valence-electron chi connectivity index (χ4n) is 7.14. The van der Waals surface area contributed by atoms with Gasteiger partial charge in [-0.3, -0.25) is 9.55 Å². The number of aromatic hydroxyl groups is 1. The van der Waals surface area contributed by atoms with Crippen molar-refractivity contribution in [2.45, 2.75) is 52.4 Å². The Balaban J connectivity index is 1.43. The lowest BCUT2D eigenvalue weighted by atomic mass is 9.83. The topological polar surface area (TPSA) is 50.9 Å². The summed E-state index contributed by atoms with van der Waals surface area (Å²) in [5.41, 5.74) is 13.3. The van der Waals surface area contributed by atoms with E-state index in [0.29, 0.717) is 0 Å². The third-order valence-corrected chi connectivity index (χ3v) is 10.1. The van der Waals surface area contributed by atoms with Crippen molar-refractivity contribution in [3.05, 3.63) is 157 Å². The summed E-state index contributed by atoms with van der Waals surface area (Å²) < 4.78 is 2.27. The molecular formula is C48H43N3O. The number of imidazole rings is 1. The molecule has 2 heterocycles. The summed E-state index contributed by atoms with van der Waals surface area (Å²) in [6, 6.07) is 48.7. The van der Waals surface area contributed by atoms with E-state index in [1.165, 1.54) is 16.7 Å². The first kappa shape index (κ1) is 33.2. The summed E-state index contributed by atoms with van der Waals surface area (Å²) in [7, 11) is 0. The molecule has 0 saturated carbocycles. The first-order valence-corrected chi connectivity index (χ1v) is 18.0. The number of fused-ring (bicyclic) bond motifs is 2. The third kappa shape index (κ3) is 6.05. The van der Waals surface area contributed by atoms with Gasteiger partial charge >= 0.3 is 0 Å². The second kappa shape index (κ2) is 12.6. The van der Waals surface area contributed by atoms with E-state index in [9.17, 15) is 5.11 Å². The lowest BCUT2D eigenvalue weighted by molar-refractivity contribution is 0.477. The van der Waals surface area contributed by atoms with Gasteiger partial charge in [-0.15, -0.1) is 0 Å². The zero-order chi connectivity index (χ0) is 36.2. The molecule has 6 aromatic carbocycles. The van der Waals surface area contributed by atoms with Crippen molar-refractivity contribution >= 4 is 21.9 Å². The molecule has 2 aromatic heterocycles. The molecule has 256 valence electrons. The third-order valence-electron chi connectivity index (χ3n) is 10.1. The zero-order valence-electron chi connectivity index (χ0n) is 30.6. The van der Waals surface area contributed by atoms with Gasteiger partial charge in [-0.2, -0.15) is 0 Å². The van der Waals surface area contributed by atoms with Crippen LogP contribution in [0.25, 0.3) is 72.4 Å². The summed E-state index contributed by atoms with van der Waals surface area (Å²) in [6.07, 6.45) is 1.88. The molecule has 0 bridgehead atoms. The molecule has 0 amide bonds. The summed E-state index contributed by atoms with van der Waals surface area (Å²) in [5, 5.41) is 12.1. The Morgan fingerprint density at radius 3 is 1.92 bits per heavy atom. The highest BCUT2D eigenvalue weighted by atomic mass is 16.3. The average molecular weight is 678 g/mol. The summed E-state index contributed by atoms with van der Waals surface area (Å²) in [4.78, 5) is 10.4. The molecule has 0 aliphatic heterocycles. The summed E-state index contributed by atoms with van der Waals surface area (Å²) in [5.74, 6) is 1.07. The van der Waals surface area contributed by atoms with E-state index >= 15 is 0 Å². The number of aromatic nitrogens is 3. The minimum absolute atomic E-state index is 0.0252. The molecule has 0 aliphatic carbocycles. The molecule has 0 saturated heterocycles. The number of rotatable bonds is 5. The number of phenols is 1. The van der Waals surface area contributed by atoms with Crippen LogP contribution in [-0.4, -0.2) is 19.6 Å². The number of nitrogens with zero attached hydrogens (tertiary/aromatic N) is 3. The molecule has 0 unspecified atom stereocenters. The fraction of sp³-hybridized carbons (Fsp3) is 0.167. The van der Waals surface area contributed by atoms with E-state index < -0.39 is 0 Å². The van der Waals surface area contributed by atoms with E-state index in [0.717, 1.165) is 66.8 Å². The average Bonchev–Trinajstić information content (AvgIpc) is 3.54. The quantitative estimate of drug-likeness (QED) is 0.197. The smallest absolute Gasteiger partial charge is 0.145 e. The Morgan fingerprint density at radius 1 is 0.500 bits per heavy atom. The van der Waals surface area contributed by atoms with Crippen LogP contribution in [0, 0.1) is 0 Å². The molecule has 0 atom stereocenters. The predicted octanol–water partition coefficient (Wildman–Crippen LogP) is 12.5. The second-order valence-electron chi connectivity index (χ2n) is 15.8. The van der Waals surface area contributed by atoms with E-state index in [2.05, 4.69) is 149 Å². The molecule has 8 aromatic rings. The second-order valence-corrected chi connectivity index (χ2v) is 15.8. The highest BCUT2D eigenvalue weighted by Crippen LogP contribution is 2.41. The van der Waals surface area contributed by atoms with Crippen molar-refractivity contribution in [3.8, 4) is 56.2 Å². The Morgan fingerprint density at radius 2 is 1.19 bits per heavy atom. The number of hydrogen-bond acceptors (Lipinski definition) is 3. The van der Waals surface area contributed by atoms with Gasteiger partial charge in [0.15, 0.2) is 0 Å². The van der Waals surface area contributed by atoms with E-state index in [1.54, 1.807) is 6.07 Å². The molecule has 0 spiro atoms. The standard InChI is InChI=1S/C48H43N3O/c1-47(2,3)36-21-23-38(24-22-36)51-42-19-12-18-40(39-17-10-11-20-43(39)52)45(42)50-46(51)35-27-34(28-37(29-35)48(4,5)6)41-30-33(31-14-8-7-9-15-31)26-32-16-13-25-49-44(32)41/h7-30,52H,1-6H3. The van der Waals surface area contributed by atoms with Gasteiger partial charge in [-0.1, -0.05) is 126 Å². The lowest BCUT2D eigenvalue weighted by Gasteiger charge is -2.22. The summed E-state index contributed by atoms with van der Waals surface area (Å²) in [6.45, 7) is 13.5. The SMILES string of the molecule is CC(C)(C)c1ccc(-n2c(-c3cc(-c4cc(-c5ccccc5)cc5cccnc45)cc(C(C)(C)C)c3)nc3c(-c4ccccc4O)cccc32)cc1. The van der Waals surface area contributed by atoms with Crippen LogP contribution in [0.3, 0.4) is 0 Å². The van der Waals surface area contributed by atoms with Gasteiger partial charge in [0, 0.05) is 39.5 Å². The van der Waals surface area contributed by atoms with Crippen LogP contribution in [0.5, 0.6) is 5.75 Å². The van der Waals surface area contributed by atoms with Gasteiger partial charge in [0.2, 0.25) is 0 Å². The van der Waals surface area contributed by atoms with Crippen LogP contribution in [0.4, 0.5) is 0 Å². The largest absolute Gasteiger partial charge is 0.507 e. The molecular weight excluding hydrogens is 635 g/mol. The molecule has 4 heteroatoms. The highest BCUT2D eigenvalue weighted by molar-refractivity contribution is 5.99. The van der Waals surface area contributed by atoms with E-state index in [-0.39, 0.29) is 16.6 Å². The summed E-state index contributed by atoms with van der Waals surface area (Å²) >= 11 is 0. The predicted molar refractivity (Wildman–Crippen MR) is 217 cm³/mol. The van der Waals surface area contributed by atoms with Crippen LogP contribution < -0.4 is 0 Å². The molecule has 0 aliphatic rings. The minimum atomic E-state index is -0.142. The maximum atomic E-state index is 11.0. The van der Waals surface area contributed by atoms with E-state index in [4.69, 9.17) is 9.97 Å². The Hall–Kier alpha value is -6.00. The number of pyridine rings is 1. The van der Waals surface area contributed by atoms with Crippen molar-refractivity contribution < 1.29 is 5.11 Å².